The number of ketones is 2. The van der Waals surface area contributed by atoms with Crippen molar-refractivity contribution in [3.8, 4) is 0 Å². The van der Waals surface area contributed by atoms with Crippen LogP contribution in [0.5, 0.6) is 0 Å². The number of carbonyl (C=O) groups is 3. The second kappa shape index (κ2) is 7.58. The third kappa shape index (κ3) is 3.10. The van der Waals surface area contributed by atoms with E-state index in [2.05, 4.69) is 27.7 Å². The zero-order valence-electron chi connectivity index (χ0n) is 24.3. The maximum atomic E-state index is 14.3. The molecular weight excluding hydrogens is 464 g/mol. The first-order valence-corrected chi connectivity index (χ1v) is 14.6. The molecule has 2 N–H and O–H groups in total. The summed E-state index contributed by atoms with van der Waals surface area (Å²) in [6.45, 7) is 16.8. The second-order valence-electron chi connectivity index (χ2n) is 15.7. The summed E-state index contributed by atoms with van der Waals surface area (Å²) in [7, 11) is 0. The first-order valence-electron chi connectivity index (χ1n) is 14.6. The molecule has 0 aromatic heterocycles. The first-order chi connectivity index (χ1) is 16.8. The fraction of sp³-hybridized carbons (Fsp3) is 0.844. The lowest BCUT2D eigenvalue weighted by Crippen LogP contribution is -2.69. The summed E-state index contributed by atoms with van der Waals surface area (Å²) in [6.07, 6.45) is 9.08. The zero-order chi connectivity index (χ0) is 27.6. The summed E-state index contributed by atoms with van der Waals surface area (Å²) in [5.74, 6) is -0.674. The fourth-order valence-electron chi connectivity index (χ4n) is 11.0. The molecule has 0 spiro atoms. The number of hydrogen-bond donors (Lipinski definition) is 2. The van der Waals surface area contributed by atoms with Crippen molar-refractivity contribution in [2.45, 2.75) is 119 Å². The third-order valence-electron chi connectivity index (χ3n) is 13.9. The van der Waals surface area contributed by atoms with E-state index in [0.717, 1.165) is 32.1 Å². The first kappa shape index (κ1) is 27.1. The number of rotatable bonds is 2. The Bertz CT molecular complexity index is 1100. The van der Waals surface area contributed by atoms with Gasteiger partial charge in [-0.1, -0.05) is 47.1 Å². The quantitative estimate of drug-likeness (QED) is 0.448. The molecule has 0 aromatic carbocycles. The molecule has 1 unspecified atom stereocenters. The van der Waals surface area contributed by atoms with Crippen molar-refractivity contribution in [2.24, 2.45) is 50.2 Å². The molecule has 4 saturated carbocycles. The minimum Gasteiger partial charge on any atom is -0.481 e. The molecule has 0 aliphatic heterocycles. The molecule has 0 aromatic rings. The Morgan fingerprint density at radius 3 is 2.11 bits per heavy atom. The van der Waals surface area contributed by atoms with E-state index in [0.29, 0.717) is 25.7 Å². The van der Waals surface area contributed by atoms with Gasteiger partial charge in [-0.25, -0.2) is 0 Å². The van der Waals surface area contributed by atoms with Crippen molar-refractivity contribution in [2.75, 3.05) is 0 Å². The van der Waals surface area contributed by atoms with Gasteiger partial charge < -0.3 is 10.2 Å². The zero-order valence-corrected chi connectivity index (χ0v) is 24.3. The molecule has 0 bridgehead atoms. The molecule has 0 saturated heterocycles. The summed E-state index contributed by atoms with van der Waals surface area (Å²) in [4.78, 5) is 39.3. The molecule has 5 nitrogen and oxygen atoms in total. The van der Waals surface area contributed by atoms with Crippen LogP contribution in [0.3, 0.4) is 0 Å². The molecular formula is C32H48O5. The molecule has 5 aliphatic carbocycles. The Labute approximate surface area is 222 Å². The molecule has 0 amide bonds. The predicted molar refractivity (Wildman–Crippen MR) is 143 cm³/mol. The van der Waals surface area contributed by atoms with E-state index in [-0.39, 0.29) is 51.0 Å². The van der Waals surface area contributed by atoms with E-state index in [9.17, 15) is 24.6 Å². The number of carboxylic acids is 1. The Morgan fingerprint density at radius 2 is 1.51 bits per heavy atom. The summed E-state index contributed by atoms with van der Waals surface area (Å²) >= 11 is 0. The summed E-state index contributed by atoms with van der Waals surface area (Å²) in [5, 5.41) is 21.6. The maximum Gasteiger partial charge on any atom is 0.309 e. The number of hydrogen-bond acceptors (Lipinski definition) is 4. The molecule has 0 heterocycles. The van der Waals surface area contributed by atoms with Crippen LogP contribution in [0.4, 0.5) is 0 Å². The number of carboxylic acid groups (broad SMARTS) is 1. The molecule has 5 aliphatic rings. The highest BCUT2D eigenvalue weighted by Crippen LogP contribution is 2.75. The number of aliphatic hydroxyl groups is 1. The van der Waals surface area contributed by atoms with E-state index < -0.39 is 22.4 Å². The van der Waals surface area contributed by atoms with Crippen molar-refractivity contribution in [1.82, 2.24) is 0 Å². The van der Waals surface area contributed by atoms with Gasteiger partial charge in [-0.15, -0.1) is 0 Å². The standard InChI is InChI=1S/C32H48O5/c1-19(33)32(37)16-14-29(6)23(26(32,2)3)9-10-31(8)24(29)22(34)17-20-21-18-28(5,25(35)36)12-11-27(21,4)13-15-30(20,31)7/h17,21,23-24,37H,9-16,18H2,1-8H3,(H,35,36)/t21-,23?,24-,27-,28+,29+,30-,31-,32-/m1/s1. The van der Waals surface area contributed by atoms with E-state index in [1.165, 1.54) is 12.5 Å². The number of fused-ring (bicyclic) bond motifs is 7. The Hall–Kier alpha value is -1.49. The van der Waals surface area contributed by atoms with Gasteiger partial charge >= 0.3 is 5.97 Å². The van der Waals surface area contributed by atoms with Gasteiger partial charge in [0.15, 0.2) is 11.6 Å². The van der Waals surface area contributed by atoms with Gasteiger partial charge in [0.1, 0.15) is 5.60 Å². The van der Waals surface area contributed by atoms with Crippen LogP contribution in [-0.4, -0.2) is 33.3 Å². The van der Waals surface area contributed by atoms with Gasteiger partial charge in [-0.2, -0.15) is 0 Å². The molecule has 0 radical (unpaired) electrons. The Kier molecular flexibility index (Phi) is 5.55. The highest BCUT2D eigenvalue weighted by atomic mass is 16.4. The smallest absolute Gasteiger partial charge is 0.309 e. The van der Waals surface area contributed by atoms with Crippen LogP contribution in [0.15, 0.2) is 11.6 Å². The lowest BCUT2D eigenvalue weighted by Gasteiger charge is -2.71. The normalized spacial score (nSPS) is 52.6. The lowest BCUT2D eigenvalue weighted by molar-refractivity contribution is -0.226. The Balaban J connectivity index is 1.62. The van der Waals surface area contributed by atoms with Crippen LogP contribution in [0.2, 0.25) is 0 Å². The second-order valence-corrected chi connectivity index (χ2v) is 15.7. The van der Waals surface area contributed by atoms with Gasteiger partial charge in [0, 0.05) is 11.3 Å². The average molecular weight is 513 g/mol. The molecule has 5 heteroatoms. The summed E-state index contributed by atoms with van der Waals surface area (Å²) < 4.78 is 0. The van der Waals surface area contributed by atoms with Crippen molar-refractivity contribution in [3.63, 3.8) is 0 Å². The van der Waals surface area contributed by atoms with E-state index in [4.69, 9.17) is 0 Å². The topological polar surface area (TPSA) is 91.7 Å². The largest absolute Gasteiger partial charge is 0.481 e. The SMILES string of the molecule is CC(=O)[C@]1(O)CC[C@@]2(C)C(CC[C@]3(C)[C@@H]2C(=O)C=C2[C@H]4C[C@@](C)(C(=O)O)CC[C@]4(C)CC[C@]23C)C1(C)C. The van der Waals surface area contributed by atoms with Gasteiger partial charge in [-0.05, 0) is 111 Å². The number of aliphatic carboxylic acids is 1. The van der Waals surface area contributed by atoms with Crippen LogP contribution in [-0.2, 0) is 14.4 Å². The lowest BCUT2D eigenvalue weighted by atomic mass is 9.32. The van der Waals surface area contributed by atoms with Crippen molar-refractivity contribution in [3.05, 3.63) is 11.6 Å². The maximum absolute atomic E-state index is 14.3. The number of carbonyl (C=O) groups excluding carboxylic acids is 2. The van der Waals surface area contributed by atoms with Gasteiger partial charge in [0.05, 0.1) is 5.41 Å². The fourth-order valence-corrected chi connectivity index (χ4v) is 11.0. The third-order valence-corrected chi connectivity index (χ3v) is 13.9. The van der Waals surface area contributed by atoms with Crippen molar-refractivity contribution < 1.29 is 24.6 Å². The number of allylic oxidation sites excluding steroid dienone is 2. The summed E-state index contributed by atoms with van der Waals surface area (Å²) in [6, 6.07) is 0. The minimum absolute atomic E-state index is 0.0374. The molecule has 37 heavy (non-hydrogen) atoms. The molecule has 9 atom stereocenters. The molecule has 4 fully saturated rings. The van der Waals surface area contributed by atoms with Crippen LogP contribution in [0.1, 0.15) is 113 Å². The van der Waals surface area contributed by atoms with Crippen LogP contribution >= 0.6 is 0 Å². The van der Waals surface area contributed by atoms with Crippen molar-refractivity contribution >= 4 is 17.5 Å². The average Bonchev–Trinajstić information content (AvgIpc) is 2.79. The van der Waals surface area contributed by atoms with Gasteiger partial charge in [0.2, 0.25) is 0 Å². The van der Waals surface area contributed by atoms with Crippen molar-refractivity contribution in [1.29, 1.82) is 0 Å². The van der Waals surface area contributed by atoms with Gasteiger partial charge in [-0.3, -0.25) is 14.4 Å². The van der Waals surface area contributed by atoms with E-state index in [1.54, 1.807) is 0 Å². The van der Waals surface area contributed by atoms with Gasteiger partial charge in [0.25, 0.3) is 0 Å². The van der Waals surface area contributed by atoms with Crippen LogP contribution in [0.25, 0.3) is 0 Å². The Morgan fingerprint density at radius 1 is 0.892 bits per heavy atom. The number of Topliss-reactive ketones (excluding diaryl/α,β-unsaturated/α-hetero) is 1. The van der Waals surface area contributed by atoms with Crippen LogP contribution in [0, 0.1) is 50.2 Å². The molecule has 5 rings (SSSR count). The summed E-state index contributed by atoms with van der Waals surface area (Å²) in [5.41, 5.74) is -2.18. The van der Waals surface area contributed by atoms with E-state index in [1.807, 2.05) is 26.8 Å². The van der Waals surface area contributed by atoms with Crippen LogP contribution < -0.4 is 0 Å². The minimum atomic E-state index is -1.36. The molecule has 206 valence electrons. The van der Waals surface area contributed by atoms with E-state index >= 15 is 0 Å². The highest BCUT2D eigenvalue weighted by molar-refractivity contribution is 5.96. The highest BCUT2D eigenvalue weighted by Gasteiger charge is 2.72. The predicted octanol–water partition coefficient (Wildman–Crippen LogP) is 6.37. The monoisotopic (exact) mass is 512 g/mol.